The van der Waals surface area contributed by atoms with Crippen molar-refractivity contribution in [2.75, 3.05) is 11.9 Å². The molecule has 1 saturated carbocycles. The Balaban J connectivity index is 1.46. The van der Waals surface area contributed by atoms with Crippen molar-refractivity contribution in [1.29, 1.82) is 0 Å². The summed E-state index contributed by atoms with van der Waals surface area (Å²) >= 11 is 1.40. The first-order valence-electron chi connectivity index (χ1n) is 8.90. The van der Waals surface area contributed by atoms with Gasteiger partial charge in [0, 0.05) is 24.4 Å². The molecule has 140 valence electrons. The predicted octanol–water partition coefficient (Wildman–Crippen LogP) is 3.72. The van der Waals surface area contributed by atoms with E-state index in [1.807, 2.05) is 12.1 Å². The van der Waals surface area contributed by atoms with Crippen LogP contribution in [-0.2, 0) is 5.41 Å². The summed E-state index contributed by atoms with van der Waals surface area (Å²) in [5.41, 5.74) is 0.904. The normalized spacial score (nSPS) is 16.6. The number of aliphatic hydroxyl groups is 1. The number of pyridine rings is 1. The highest BCUT2D eigenvalue weighted by Gasteiger charge is 2.41. The van der Waals surface area contributed by atoms with Crippen LogP contribution in [0.4, 0.5) is 10.2 Å². The summed E-state index contributed by atoms with van der Waals surface area (Å²) in [6.07, 6.45) is 5.62. The van der Waals surface area contributed by atoms with Crippen LogP contribution in [0.5, 0.6) is 0 Å². The van der Waals surface area contributed by atoms with Gasteiger partial charge in [0.25, 0.3) is 0 Å². The molecule has 0 bridgehead atoms. The molecule has 1 atom stereocenters. The van der Waals surface area contributed by atoms with Crippen molar-refractivity contribution >= 4 is 17.2 Å². The van der Waals surface area contributed by atoms with Gasteiger partial charge in [0.15, 0.2) is 0 Å². The van der Waals surface area contributed by atoms with E-state index in [2.05, 4.69) is 25.5 Å². The van der Waals surface area contributed by atoms with Crippen molar-refractivity contribution in [1.82, 2.24) is 20.2 Å². The highest BCUT2D eigenvalue weighted by molar-refractivity contribution is 7.15. The van der Waals surface area contributed by atoms with Gasteiger partial charge in [-0.25, -0.2) is 9.37 Å². The second-order valence-corrected chi connectivity index (χ2v) is 7.93. The van der Waals surface area contributed by atoms with Crippen molar-refractivity contribution in [2.24, 2.45) is 0 Å². The van der Waals surface area contributed by atoms with Crippen molar-refractivity contribution in [3.05, 3.63) is 53.0 Å². The number of halogens is 1. The third kappa shape index (κ3) is 3.54. The summed E-state index contributed by atoms with van der Waals surface area (Å²) in [6.45, 7) is 2.27. The molecule has 2 N–H and O–H groups in total. The minimum Gasteiger partial charge on any atom is -0.388 e. The maximum Gasteiger partial charge on any atom is 0.148 e. The van der Waals surface area contributed by atoms with Gasteiger partial charge in [-0.05, 0) is 44.0 Å². The van der Waals surface area contributed by atoms with E-state index < -0.39 is 6.10 Å². The summed E-state index contributed by atoms with van der Waals surface area (Å²) in [4.78, 5) is 9.35. The number of nitrogens with zero attached hydrogens (tertiary/aromatic N) is 4. The van der Waals surface area contributed by atoms with Crippen LogP contribution in [0.1, 0.15) is 42.9 Å². The lowest BCUT2D eigenvalue weighted by Crippen LogP contribution is -2.42. The molecule has 1 unspecified atom stereocenters. The summed E-state index contributed by atoms with van der Waals surface area (Å²) in [6, 6.07) is 6.76. The van der Waals surface area contributed by atoms with Crippen LogP contribution in [-0.4, -0.2) is 31.8 Å². The van der Waals surface area contributed by atoms with E-state index in [-0.39, 0.29) is 11.2 Å². The standard InChI is InChI=1S/C19H20FN5OS/c1-12(26)15-10-22-18(27-15)14-5-6-16(25-24-14)23-11-19(7-3-8-19)17-13(20)4-2-9-21-17/h2,4-6,9-10,12,26H,3,7-8,11H2,1H3,(H,23,25). The molecule has 0 spiro atoms. The molecule has 8 heteroatoms. The maximum atomic E-state index is 14.2. The zero-order chi connectivity index (χ0) is 18.9. The average Bonchev–Trinajstić information content (AvgIpc) is 3.13. The molecule has 4 rings (SSSR count). The molecule has 0 amide bonds. The third-order valence-corrected chi connectivity index (χ3v) is 6.19. The van der Waals surface area contributed by atoms with E-state index in [1.54, 1.807) is 25.4 Å². The van der Waals surface area contributed by atoms with Crippen molar-refractivity contribution in [3.8, 4) is 10.7 Å². The van der Waals surface area contributed by atoms with Crippen molar-refractivity contribution < 1.29 is 9.50 Å². The van der Waals surface area contributed by atoms with E-state index in [0.29, 0.717) is 23.8 Å². The van der Waals surface area contributed by atoms with Gasteiger partial charge in [-0.3, -0.25) is 4.98 Å². The lowest BCUT2D eigenvalue weighted by atomic mass is 9.66. The van der Waals surface area contributed by atoms with Gasteiger partial charge >= 0.3 is 0 Å². The predicted molar refractivity (Wildman–Crippen MR) is 102 cm³/mol. The SMILES string of the molecule is CC(O)c1cnc(-c2ccc(NCC3(c4ncccc4F)CCC3)nn2)s1. The molecule has 27 heavy (non-hydrogen) atoms. The first-order chi connectivity index (χ1) is 13.1. The molecule has 3 aromatic heterocycles. The molecule has 0 radical (unpaired) electrons. The summed E-state index contributed by atoms with van der Waals surface area (Å²) < 4.78 is 14.2. The Hall–Kier alpha value is -2.45. The fraction of sp³-hybridized carbons (Fsp3) is 0.368. The Morgan fingerprint density at radius 1 is 1.26 bits per heavy atom. The van der Waals surface area contributed by atoms with E-state index in [9.17, 15) is 9.50 Å². The van der Waals surface area contributed by atoms with Crippen molar-refractivity contribution in [2.45, 2.75) is 37.7 Å². The van der Waals surface area contributed by atoms with Crippen LogP contribution >= 0.6 is 11.3 Å². The minimum atomic E-state index is -0.546. The number of hydrogen-bond acceptors (Lipinski definition) is 7. The van der Waals surface area contributed by atoms with Gasteiger partial charge in [0.05, 0.1) is 16.7 Å². The lowest BCUT2D eigenvalue weighted by molar-refractivity contribution is 0.203. The van der Waals surface area contributed by atoms with Crippen LogP contribution in [0.3, 0.4) is 0 Å². The molecule has 0 saturated heterocycles. The van der Waals surface area contributed by atoms with Gasteiger partial charge in [0.1, 0.15) is 22.3 Å². The van der Waals surface area contributed by atoms with Crippen molar-refractivity contribution in [3.63, 3.8) is 0 Å². The van der Waals surface area contributed by atoms with E-state index in [0.717, 1.165) is 29.1 Å². The molecule has 1 fully saturated rings. The number of anilines is 1. The Labute approximate surface area is 160 Å². The fourth-order valence-corrected chi connectivity index (χ4v) is 4.09. The molecular weight excluding hydrogens is 365 g/mol. The van der Waals surface area contributed by atoms with E-state index >= 15 is 0 Å². The zero-order valence-electron chi connectivity index (χ0n) is 14.9. The maximum absolute atomic E-state index is 14.2. The first kappa shape index (κ1) is 17.9. The monoisotopic (exact) mass is 385 g/mol. The molecular formula is C19H20FN5OS. The first-order valence-corrected chi connectivity index (χ1v) is 9.72. The second kappa shape index (κ2) is 7.28. The number of hydrogen-bond donors (Lipinski definition) is 2. The Morgan fingerprint density at radius 3 is 2.70 bits per heavy atom. The summed E-state index contributed by atoms with van der Waals surface area (Å²) in [5.74, 6) is 0.381. The second-order valence-electron chi connectivity index (χ2n) is 6.87. The number of aromatic nitrogens is 4. The Bertz CT molecular complexity index is 924. The zero-order valence-corrected chi connectivity index (χ0v) is 15.7. The fourth-order valence-electron chi connectivity index (χ4n) is 3.28. The summed E-state index contributed by atoms with van der Waals surface area (Å²) in [7, 11) is 0. The van der Waals surface area contributed by atoms with Crippen LogP contribution in [0.15, 0.2) is 36.7 Å². The smallest absolute Gasteiger partial charge is 0.148 e. The lowest BCUT2D eigenvalue weighted by Gasteiger charge is -2.41. The van der Waals surface area contributed by atoms with E-state index in [4.69, 9.17) is 0 Å². The van der Waals surface area contributed by atoms with Gasteiger partial charge < -0.3 is 10.4 Å². The number of aliphatic hydroxyl groups excluding tert-OH is 1. The number of nitrogens with one attached hydrogen (secondary N) is 1. The Kier molecular flexibility index (Phi) is 4.84. The van der Waals surface area contributed by atoms with Gasteiger partial charge in [-0.15, -0.1) is 21.5 Å². The van der Waals surface area contributed by atoms with Gasteiger partial charge in [-0.2, -0.15) is 0 Å². The minimum absolute atomic E-state index is 0.252. The van der Waals surface area contributed by atoms with Gasteiger partial charge in [-0.1, -0.05) is 6.42 Å². The molecule has 0 aromatic carbocycles. The molecule has 1 aliphatic rings. The molecule has 1 aliphatic carbocycles. The quantitative estimate of drug-likeness (QED) is 0.673. The average molecular weight is 385 g/mol. The van der Waals surface area contributed by atoms with Crippen LogP contribution in [0.25, 0.3) is 10.7 Å². The number of thiazole rings is 1. The van der Waals surface area contributed by atoms with Crippen LogP contribution in [0, 0.1) is 5.82 Å². The molecule has 3 aromatic rings. The van der Waals surface area contributed by atoms with E-state index in [1.165, 1.54) is 17.4 Å². The topological polar surface area (TPSA) is 83.8 Å². The molecule has 6 nitrogen and oxygen atoms in total. The Morgan fingerprint density at radius 2 is 2.11 bits per heavy atom. The van der Waals surface area contributed by atoms with Crippen LogP contribution in [0.2, 0.25) is 0 Å². The third-order valence-electron chi connectivity index (χ3n) is 5.00. The number of rotatable bonds is 6. The van der Waals surface area contributed by atoms with Crippen LogP contribution < -0.4 is 5.32 Å². The highest BCUT2D eigenvalue weighted by Crippen LogP contribution is 2.43. The van der Waals surface area contributed by atoms with Gasteiger partial charge in [0.2, 0.25) is 0 Å². The highest BCUT2D eigenvalue weighted by atomic mass is 32.1. The molecule has 3 heterocycles. The summed E-state index contributed by atoms with van der Waals surface area (Å²) in [5, 5.41) is 22.0. The largest absolute Gasteiger partial charge is 0.388 e. The molecule has 0 aliphatic heterocycles.